The molecule has 8 heteroatoms. The SMILES string of the molecule is CC(C#N)(Cn1cc2ncc(Br)cc2n1)NC(=O)c1ccc(Oc2ccccc2)cc1. The topological polar surface area (TPSA) is 92.8 Å². The summed E-state index contributed by atoms with van der Waals surface area (Å²) in [7, 11) is 0. The number of pyridine rings is 1. The summed E-state index contributed by atoms with van der Waals surface area (Å²) in [5.74, 6) is 0.977. The third-order valence-corrected chi connectivity index (χ3v) is 5.01. The van der Waals surface area contributed by atoms with Gasteiger partial charge in [-0.25, -0.2) is 0 Å². The number of amides is 1. The van der Waals surface area contributed by atoms with E-state index in [9.17, 15) is 10.1 Å². The van der Waals surface area contributed by atoms with Gasteiger partial charge in [0.2, 0.25) is 0 Å². The first kappa shape index (κ1) is 20.6. The summed E-state index contributed by atoms with van der Waals surface area (Å²) in [5.41, 5.74) is 0.687. The number of nitrogens with one attached hydrogen (secondary N) is 1. The van der Waals surface area contributed by atoms with Gasteiger partial charge in [-0.2, -0.15) is 10.4 Å². The minimum atomic E-state index is -1.16. The van der Waals surface area contributed by atoms with E-state index in [1.54, 1.807) is 48.3 Å². The Labute approximate surface area is 187 Å². The molecule has 1 N–H and O–H groups in total. The molecule has 0 aliphatic heterocycles. The van der Waals surface area contributed by atoms with Gasteiger partial charge in [-0.3, -0.25) is 14.5 Å². The molecular weight excluding hydrogens is 458 g/mol. The molecule has 1 amide bonds. The van der Waals surface area contributed by atoms with Gasteiger partial charge in [0.25, 0.3) is 5.91 Å². The van der Waals surface area contributed by atoms with Gasteiger partial charge in [0.1, 0.15) is 28.1 Å². The minimum Gasteiger partial charge on any atom is -0.457 e. The molecule has 0 fully saturated rings. The van der Waals surface area contributed by atoms with Crippen molar-refractivity contribution in [1.29, 1.82) is 5.26 Å². The highest BCUT2D eigenvalue weighted by Crippen LogP contribution is 2.22. The lowest BCUT2D eigenvalue weighted by molar-refractivity contribution is 0.0917. The first-order valence-electron chi connectivity index (χ1n) is 9.50. The molecule has 0 saturated carbocycles. The average Bonchev–Trinajstić information content (AvgIpc) is 3.15. The van der Waals surface area contributed by atoms with Gasteiger partial charge in [-0.15, -0.1) is 0 Å². The smallest absolute Gasteiger partial charge is 0.252 e. The number of fused-ring (bicyclic) bond motifs is 1. The van der Waals surface area contributed by atoms with E-state index in [0.717, 1.165) is 4.47 Å². The highest BCUT2D eigenvalue weighted by atomic mass is 79.9. The molecule has 4 rings (SSSR count). The molecule has 2 heterocycles. The molecule has 31 heavy (non-hydrogen) atoms. The summed E-state index contributed by atoms with van der Waals surface area (Å²) < 4.78 is 8.18. The predicted octanol–water partition coefficient (Wildman–Crippen LogP) is 4.70. The van der Waals surface area contributed by atoms with E-state index in [1.807, 2.05) is 36.4 Å². The van der Waals surface area contributed by atoms with Crippen molar-refractivity contribution >= 4 is 32.9 Å². The van der Waals surface area contributed by atoms with Crippen molar-refractivity contribution in [2.45, 2.75) is 19.0 Å². The van der Waals surface area contributed by atoms with Crippen LogP contribution in [0.3, 0.4) is 0 Å². The normalized spacial score (nSPS) is 12.7. The van der Waals surface area contributed by atoms with Crippen LogP contribution in [0.1, 0.15) is 17.3 Å². The number of carbonyl (C=O) groups is 1. The number of ether oxygens (including phenoxy) is 1. The zero-order valence-corrected chi connectivity index (χ0v) is 18.2. The number of halogens is 1. The lowest BCUT2D eigenvalue weighted by Crippen LogP contribution is -2.48. The molecule has 7 nitrogen and oxygen atoms in total. The van der Waals surface area contributed by atoms with Crippen molar-refractivity contribution in [3.8, 4) is 17.6 Å². The third-order valence-electron chi connectivity index (χ3n) is 4.58. The Morgan fingerprint density at radius 3 is 2.58 bits per heavy atom. The highest BCUT2D eigenvalue weighted by Gasteiger charge is 2.28. The molecule has 0 aliphatic carbocycles. The minimum absolute atomic E-state index is 0.179. The number of benzene rings is 2. The van der Waals surface area contributed by atoms with Gasteiger partial charge in [0.05, 0.1) is 18.8 Å². The van der Waals surface area contributed by atoms with E-state index in [4.69, 9.17) is 4.74 Å². The Balaban J connectivity index is 1.45. The Kier molecular flexibility index (Phi) is 5.69. The van der Waals surface area contributed by atoms with Gasteiger partial charge in [0.15, 0.2) is 0 Å². The van der Waals surface area contributed by atoms with Gasteiger partial charge in [-0.1, -0.05) is 18.2 Å². The van der Waals surface area contributed by atoms with Crippen LogP contribution < -0.4 is 10.1 Å². The number of carbonyl (C=O) groups excluding carboxylic acids is 1. The average molecular weight is 476 g/mol. The fourth-order valence-electron chi connectivity index (χ4n) is 3.06. The van der Waals surface area contributed by atoms with Gasteiger partial charge in [-0.05, 0) is 65.3 Å². The van der Waals surface area contributed by atoms with Crippen molar-refractivity contribution in [3.63, 3.8) is 0 Å². The van der Waals surface area contributed by atoms with Crippen molar-refractivity contribution in [2.75, 3.05) is 0 Å². The standard InChI is InChI=1S/C23H18BrN5O2/c1-23(14-25,15-29-13-21-20(28-29)11-17(24)12-26-21)27-22(30)16-7-9-19(10-8-16)31-18-5-3-2-4-6-18/h2-13H,15H2,1H3,(H,27,30). The number of rotatable bonds is 6. The number of nitrogens with zero attached hydrogens (tertiary/aromatic N) is 4. The highest BCUT2D eigenvalue weighted by molar-refractivity contribution is 9.10. The van der Waals surface area contributed by atoms with E-state index in [2.05, 4.69) is 37.4 Å². The number of aromatic nitrogens is 3. The lowest BCUT2D eigenvalue weighted by Gasteiger charge is -2.23. The van der Waals surface area contributed by atoms with Crippen molar-refractivity contribution in [3.05, 3.63) is 83.1 Å². The lowest BCUT2D eigenvalue weighted by atomic mass is 10.0. The summed E-state index contributed by atoms with van der Waals surface area (Å²) >= 11 is 3.37. The number of nitriles is 1. The van der Waals surface area contributed by atoms with Crippen LogP contribution in [0.5, 0.6) is 11.5 Å². The van der Waals surface area contributed by atoms with E-state index >= 15 is 0 Å². The zero-order valence-electron chi connectivity index (χ0n) is 16.6. The molecule has 0 bridgehead atoms. The maximum atomic E-state index is 12.7. The largest absolute Gasteiger partial charge is 0.457 e. The van der Waals surface area contributed by atoms with Crippen molar-refractivity contribution in [1.82, 2.24) is 20.1 Å². The van der Waals surface area contributed by atoms with Crippen LogP contribution in [0, 0.1) is 11.3 Å². The summed E-state index contributed by atoms with van der Waals surface area (Å²) in [6, 6.07) is 20.2. The number of hydrogen-bond donors (Lipinski definition) is 1. The quantitative estimate of drug-likeness (QED) is 0.436. The van der Waals surface area contributed by atoms with Gasteiger partial charge >= 0.3 is 0 Å². The molecule has 0 spiro atoms. The van der Waals surface area contributed by atoms with Crippen LogP contribution in [-0.2, 0) is 6.54 Å². The molecule has 1 atom stereocenters. The number of hydrogen-bond acceptors (Lipinski definition) is 5. The van der Waals surface area contributed by atoms with Gasteiger partial charge < -0.3 is 10.1 Å². The Bertz CT molecular complexity index is 1260. The van der Waals surface area contributed by atoms with Crippen LogP contribution in [0.25, 0.3) is 11.0 Å². The van der Waals surface area contributed by atoms with Crippen LogP contribution in [0.15, 0.2) is 77.5 Å². The van der Waals surface area contributed by atoms with Crippen LogP contribution in [-0.4, -0.2) is 26.2 Å². The Hall–Kier alpha value is -3.70. The van der Waals surface area contributed by atoms with Crippen LogP contribution in [0.2, 0.25) is 0 Å². The summed E-state index contributed by atoms with van der Waals surface area (Å²) in [6.45, 7) is 1.84. The van der Waals surface area contributed by atoms with E-state index in [1.165, 1.54) is 0 Å². The molecular formula is C23H18BrN5O2. The van der Waals surface area contributed by atoms with Crippen molar-refractivity contribution in [2.24, 2.45) is 0 Å². The van der Waals surface area contributed by atoms with Crippen LogP contribution in [0.4, 0.5) is 0 Å². The van der Waals surface area contributed by atoms with E-state index in [0.29, 0.717) is 28.1 Å². The second-order valence-electron chi connectivity index (χ2n) is 7.22. The molecule has 154 valence electrons. The molecule has 0 radical (unpaired) electrons. The predicted molar refractivity (Wildman–Crippen MR) is 120 cm³/mol. The molecule has 0 aliphatic rings. The third kappa shape index (κ3) is 4.90. The molecule has 4 aromatic rings. The van der Waals surface area contributed by atoms with E-state index < -0.39 is 5.54 Å². The fourth-order valence-corrected chi connectivity index (χ4v) is 3.38. The second-order valence-corrected chi connectivity index (χ2v) is 8.14. The fraction of sp³-hybridized carbons (Fsp3) is 0.130. The molecule has 2 aromatic carbocycles. The second kappa shape index (κ2) is 8.58. The Morgan fingerprint density at radius 2 is 1.87 bits per heavy atom. The molecule has 2 aromatic heterocycles. The molecule has 1 unspecified atom stereocenters. The summed E-state index contributed by atoms with van der Waals surface area (Å²) in [5, 5.41) is 17.0. The van der Waals surface area contributed by atoms with E-state index in [-0.39, 0.29) is 12.5 Å². The molecule has 0 saturated heterocycles. The van der Waals surface area contributed by atoms with Gasteiger partial charge in [0, 0.05) is 16.2 Å². The summed E-state index contributed by atoms with van der Waals surface area (Å²) in [6.07, 6.45) is 3.43. The van der Waals surface area contributed by atoms with Crippen LogP contribution >= 0.6 is 15.9 Å². The maximum Gasteiger partial charge on any atom is 0.252 e. The maximum absolute atomic E-state index is 12.7. The van der Waals surface area contributed by atoms with Crippen molar-refractivity contribution < 1.29 is 9.53 Å². The summed E-state index contributed by atoms with van der Waals surface area (Å²) in [4.78, 5) is 17.0. The first-order chi connectivity index (χ1) is 14.9. The number of para-hydroxylation sites is 1. The first-order valence-corrected chi connectivity index (χ1v) is 10.3. The zero-order chi connectivity index (χ0) is 21.8. The Morgan fingerprint density at radius 1 is 1.16 bits per heavy atom. The monoisotopic (exact) mass is 475 g/mol.